The molecule has 0 radical (unpaired) electrons. The minimum absolute atomic E-state index is 0.00959. The Labute approximate surface area is 131 Å². The second-order valence-electron chi connectivity index (χ2n) is 4.33. The Hall–Kier alpha value is -2.54. The van der Waals surface area contributed by atoms with Crippen LogP contribution in [0.3, 0.4) is 0 Å². The lowest BCUT2D eigenvalue weighted by Gasteiger charge is -2.06. The average molecular weight is 323 g/mol. The van der Waals surface area contributed by atoms with Crippen molar-refractivity contribution >= 4 is 23.5 Å². The smallest absolute Gasteiger partial charge is 0.287 e. The summed E-state index contributed by atoms with van der Waals surface area (Å²) < 4.78 is 6.41. The zero-order valence-electron chi connectivity index (χ0n) is 12.1. The summed E-state index contributed by atoms with van der Waals surface area (Å²) in [6, 6.07) is 4.83. The van der Waals surface area contributed by atoms with Gasteiger partial charge in [0.2, 0.25) is 0 Å². The molecule has 0 spiro atoms. The first-order valence-corrected chi connectivity index (χ1v) is 6.87. The van der Waals surface area contributed by atoms with Crippen LogP contribution < -0.4 is 15.7 Å². The molecular weight excluding hydrogens is 308 g/mol. The maximum Gasteiger partial charge on any atom is 0.287 e. The number of nitrogens with zero attached hydrogens (tertiary/aromatic N) is 3. The molecule has 0 aliphatic heterocycles. The first-order chi connectivity index (χ1) is 10.5. The molecule has 7 nitrogen and oxygen atoms in total. The predicted molar refractivity (Wildman–Crippen MR) is 85.0 cm³/mol. The van der Waals surface area contributed by atoms with Gasteiger partial charge in [-0.15, -0.1) is 0 Å². The lowest BCUT2D eigenvalue weighted by atomic mass is 10.2. The Kier molecular flexibility index (Phi) is 5.00. The Morgan fingerprint density at radius 3 is 3.05 bits per heavy atom. The fourth-order valence-corrected chi connectivity index (χ4v) is 1.86. The predicted octanol–water partition coefficient (Wildman–Crippen LogP) is 1.98. The van der Waals surface area contributed by atoms with E-state index in [9.17, 15) is 9.90 Å². The highest BCUT2D eigenvalue weighted by Gasteiger charge is 2.06. The summed E-state index contributed by atoms with van der Waals surface area (Å²) in [7, 11) is 1.51. The first kappa shape index (κ1) is 15.8. The van der Waals surface area contributed by atoms with E-state index in [1.165, 1.54) is 25.5 Å². The van der Waals surface area contributed by atoms with Gasteiger partial charge in [0.1, 0.15) is 10.7 Å². The van der Waals surface area contributed by atoms with Crippen LogP contribution in [0.2, 0.25) is 5.02 Å². The normalized spacial score (nSPS) is 10.9. The number of nitrogens with one attached hydrogen (secondary N) is 1. The van der Waals surface area contributed by atoms with Crippen molar-refractivity contribution in [1.29, 1.82) is 0 Å². The second-order valence-corrected chi connectivity index (χ2v) is 4.71. The summed E-state index contributed by atoms with van der Waals surface area (Å²) in [4.78, 5) is 11.6. The minimum atomic E-state index is -0.412. The molecule has 0 aliphatic rings. The summed E-state index contributed by atoms with van der Waals surface area (Å²) in [5.41, 5.74) is 3.26. The number of halogens is 1. The van der Waals surface area contributed by atoms with Gasteiger partial charge < -0.3 is 9.84 Å². The van der Waals surface area contributed by atoms with Crippen LogP contribution in [0.25, 0.3) is 0 Å². The van der Waals surface area contributed by atoms with Crippen LogP contribution in [-0.4, -0.2) is 27.7 Å². The van der Waals surface area contributed by atoms with Crippen LogP contribution in [-0.2, 0) is 7.05 Å². The van der Waals surface area contributed by atoms with Gasteiger partial charge in [-0.3, -0.25) is 10.2 Å². The molecule has 116 valence electrons. The summed E-state index contributed by atoms with van der Waals surface area (Å²) >= 11 is 5.90. The van der Waals surface area contributed by atoms with Crippen molar-refractivity contribution in [2.75, 3.05) is 12.0 Å². The molecule has 0 aliphatic carbocycles. The van der Waals surface area contributed by atoms with Crippen molar-refractivity contribution in [1.82, 2.24) is 9.78 Å². The van der Waals surface area contributed by atoms with Gasteiger partial charge in [0, 0.05) is 7.05 Å². The van der Waals surface area contributed by atoms with Gasteiger partial charge in [0.05, 0.1) is 19.0 Å². The molecule has 0 saturated heterocycles. The highest BCUT2D eigenvalue weighted by Crippen LogP contribution is 2.26. The van der Waals surface area contributed by atoms with Gasteiger partial charge in [0.15, 0.2) is 11.5 Å². The second kappa shape index (κ2) is 6.95. The molecule has 2 N–H and O–H groups in total. The molecule has 22 heavy (non-hydrogen) atoms. The molecular formula is C14H15ClN4O3. The van der Waals surface area contributed by atoms with Crippen LogP contribution >= 0.6 is 11.6 Å². The van der Waals surface area contributed by atoms with Gasteiger partial charge in [0.25, 0.3) is 5.56 Å². The summed E-state index contributed by atoms with van der Waals surface area (Å²) in [5, 5.41) is 17.5. The maximum atomic E-state index is 11.6. The highest BCUT2D eigenvalue weighted by atomic mass is 35.5. The van der Waals surface area contributed by atoms with Crippen LogP contribution in [0.1, 0.15) is 12.5 Å². The summed E-state index contributed by atoms with van der Waals surface area (Å²) in [6.45, 7) is 2.27. The van der Waals surface area contributed by atoms with Crippen LogP contribution in [0, 0.1) is 0 Å². The number of anilines is 1. The lowest BCUT2D eigenvalue weighted by molar-refractivity contribution is 0.318. The number of phenolic OH excluding ortho intramolecular Hbond substituents is 1. The SMILES string of the molecule is CCOc1cc(/C=N\Nc2cnn(C)c(=O)c2Cl)ccc1O. The molecule has 8 heteroatoms. The molecule has 0 amide bonds. The third-order valence-electron chi connectivity index (χ3n) is 2.76. The van der Waals surface area contributed by atoms with Crippen molar-refractivity contribution in [3.63, 3.8) is 0 Å². The third-order valence-corrected chi connectivity index (χ3v) is 3.13. The lowest BCUT2D eigenvalue weighted by Crippen LogP contribution is -2.20. The van der Waals surface area contributed by atoms with E-state index in [1.54, 1.807) is 12.1 Å². The number of rotatable bonds is 5. The van der Waals surface area contributed by atoms with E-state index < -0.39 is 5.56 Å². The zero-order valence-corrected chi connectivity index (χ0v) is 12.8. The molecule has 2 rings (SSSR count). The zero-order chi connectivity index (χ0) is 16.1. The van der Waals surface area contributed by atoms with Crippen LogP contribution in [0.5, 0.6) is 11.5 Å². The molecule has 0 atom stereocenters. The van der Waals surface area contributed by atoms with Gasteiger partial charge in [-0.05, 0) is 30.7 Å². The number of hydrazone groups is 1. The first-order valence-electron chi connectivity index (χ1n) is 6.49. The molecule has 0 bridgehead atoms. The van der Waals surface area contributed by atoms with E-state index in [4.69, 9.17) is 16.3 Å². The third kappa shape index (κ3) is 3.56. The van der Waals surface area contributed by atoms with E-state index in [-0.39, 0.29) is 10.8 Å². The fraction of sp³-hybridized carbons (Fsp3) is 0.214. The summed E-state index contributed by atoms with van der Waals surface area (Å²) in [6.07, 6.45) is 2.92. The standard InChI is InChI=1S/C14H15ClN4O3/c1-3-22-12-6-9(4-5-11(12)20)7-16-18-10-8-17-19(2)14(21)13(10)15/h4-8,18,20H,3H2,1-2H3/b16-7-. The maximum absolute atomic E-state index is 11.6. The van der Waals surface area contributed by atoms with E-state index in [0.717, 1.165) is 4.68 Å². The van der Waals surface area contributed by atoms with E-state index in [2.05, 4.69) is 15.6 Å². The fourth-order valence-electron chi connectivity index (χ4n) is 1.65. The van der Waals surface area contributed by atoms with Gasteiger partial charge in [-0.2, -0.15) is 10.2 Å². The number of benzene rings is 1. The number of hydrogen-bond acceptors (Lipinski definition) is 6. The largest absolute Gasteiger partial charge is 0.504 e. The van der Waals surface area contributed by atoms with Gasteiger partial charge >= 0.3 is 0 Å². The minimum Gasteiger partial charge on any atom is -0.504 e. The monoisotopic (exact) mass is 322 g/mol. The van der Waals surface area contributed by atoms with Gasteiger partial charge in [-0.25, -0.2) is 4.68 Å². The Bertz CT molecular complexity index is 758. The number of aromatic nitrogens is 2. The van der Waals surface area contributed by atoms with Crippen molar-refractivity contribution in [3.05, 3.63) is 45.3 Å². The van der Waals surface area contributed by atoms with Crippen LogP contribution in [0.15, 0.2) is 34.3 Å². The Balaban J connectivity index is 2.15. The molecule has 1 aromatic heterocycles. The van der Waals surface area contributed by atoms with Crippen LogP contribution in [0.4, 0.5) is 5.69 Å². The average Bonchev–Trinajstić information content (AvgIpc) is 2.50. The van der Waals surface area contributed by atoms with Crippen molar-refractivity contribution in [2.24, 2.45) is 12.1 Å². The molecule has 0 unspecified atom stereocenters. The molecule has 0 fully saturated rings. The van der Waals surface area contributed by atoms with Gasteiger partial charge in [-0.1, -0.05) is 11.6 Å². The van der Waals surface area contributed by atoms with E-state index >= 15 is 0 Å². The number of aryl methyl sites for hydroxylation is 1. The van der Waals surface area contributed by atoms with E-state index in [1.807, 2.05) is 6.92 Å². The summed E-state index contributed by atoms with van der Waals surface area (Å²) in [5.74, 6) is 0.436. The number of aromatic hydroxyl groups is 1. The van der Waals surface area contributed by atoms with Crippen molar-refractivity contribution < 1.29 is 9.84 Å². The highest BCUT2D eigenvalue weighted by molar-refractivity contribution is 6.32. The topological polar surface area (TPSA) is 88.7 Å². The quantitative estimate of drug-likeness (QED) is 0.649. The molecule has 0 saturated carbocycles. The molecule has 2 aromatic rings. The van der Waals surface area contributed by atoms with Crippen molar-refractivity contribution in [3.8, 4) is 11.5 Å². The Morgan fingerprint density at radius 2 is 2.32 bits per heavy atom. The number of phenols is 1. The number of hydrogen-bond donors (Lipinski definition) is 2. The molecule has 1 heterocycles. The molecule has 1 aromatic carbocycles. The van der Waals surface area contributed by atoms with E-state index in [0.29, 0.717) is 23.6 Å². The number of ether oxygens (including phenoxy) is 1. The Morgan fingerprint density at radius 1 is 1.55 bits per heavy atom. The van der Waals surface area contributed by atoms with Crippen molar-refractivity contribution in [2.45, 2.75) is 6.92 Å².